The van der Waals surface area contributed by atoms with Gasteiger partial charge >= 0.3 is 18.1 Å². The van der Waals surface area contributed by atoms with Crippen molar-refractivity contribution in [1.29, 1.82) is 5.26 Å². The molecule has 0 saturated carbocycles. The van der Waals surface area contributed by atoms with Crippen LogP contribution in [0.5, 0.6) is 0 Å². The molecule has 0 saturated heterocycles. The molecule has 0 aliphatic carbocycles. The number of rotatable bonds is 6. The summed E-state index contributed by atoms with van der Waals surface area (Å²) in [7, 11) is 0. The predicted octanol–water partition coefficient (Wildman–Crippen LogP) is 6.57. The highest BCUT2D eigenvalue weighted by atomic mass is 32.1. The van der Waals surface area contributed by atoms with E-state index in [-0.39, 0.29) is 35.4 Å². The van der Waals surface area contributed by atoms with Gasteiger partial charge in [-0.2, -0.15) is 5.26 Å². The Morgan fingerprint density at radius 1 is 1.21 bits per heavy atom. The van der Waals surface area contributed by atoms with Crippen LogP contribution < -0.4 is 10.2 Å². The van der Waals surface area contributed by atoms with Gasteiger partial charge in [0.1, 0.15) is 27.5 Å². The molecule has 3 aromatic heterocycles. The molecule has 3 heterocycles. The number of hydrogen-bond donors (Lipinski definition) is 1. The molecule has 200 valence electrons. The van der Waals surface area contributed by atoms with Gasteiger partial charge in [0.25, 0.3) is 0 Å². The minimum absolute atomic E-state index is 0.169. The first-order chi connectivity index (χ1) is 17.7. The van der Waals surface area contributed by atoms with E-state index in [9.17, 15) is 14.9 Å². The molecule has 3 aromatic rings. The number of thiophene rings is 2. The molecule has 0 fully saturated rings. The van der Waals surface area contributed by atoms with Crippen molar-refractivity contribution in [3.63, 3.8) is 0 Å². The smallest absolute Gasteiger partial charge is 0.417 e. The number of aromatic nitrogens is 2. The van der Waals surface area contributed by atoms with Crippen molar-refractivity contribution < 1.29 is 19.1 Å². The zero-order valence-corrected chi connectivity index (χ0v) is 24.0. The van der Waals surface area contributed by atoms with Crippen molar-refractivity contribution in [2.24, 2.45) is 0 Å². The fourth-order valence-electron chi connectivity index (χ4n) is 3.43. The van der Waals surface area contributed by atoms with Crippen molar-refractivity contribution >= 4 is 56.8 Å². The first-order valence-electron chi connectivity index (χ1n) is 11.8. The Morgan fingerprint density at radius 3 is 2.45 bits per heavy atom. The van der Waals surface area contributed by atoms with Gasteiger partial charge in [-0.05, 0) is 59.9 Å². The van der Waals surface area contributed by atoms with Gasteiger partial charge in [-0.15, -0.1) is 39.2 Å². The highest BCUT2D eigenvalue weighted by Gasteiger charge is 2.32. The van der Waals surface area contributed by atoms with Crippen molar-refractivity contribution in [2.45, 2.75) is 78.7 Å². The van der Waals surface area contributed by atoms with Crippen LogP contribution in [-0.4, -0.2) is 39.4 Å². The SMILES string of the molecule is [C-]#[N+]c1nc(N(Cc2cccs2)C(=O)OC(C)(C)C)c2sc(C[C@H](C)NC(=O)OC(C)(C)C)c(C#N)c2n1. The molecule has 0 unspecified atom stereocenters. The van der Waals surface area contributed by atoms with E-state index in [1.54, 1.807) is 48.5 Å². The standard InChI is InChI=1S/C26H30N6O4S2/c1-15(29-23(33)35-25(2,3)4)12-18-17(13-27)19-20(38-18)21(31-22(28-8)30-19)32(14-16-10-9-11-37-16)24(34)36-26(5,6)7/h9-11,15H,12,14H2,1-7H3,(H,29,33)/t15-/m0/s1. The minimum Gasteiger partial charge on any atom is -0.444 e. The number of ether oxygens (including phenoxy) is 2. The van der Waals surface area contributed by atoms with E-state index < -0.39 is 23.4 Å². The van der Waals surface area contributed by atoms with Crippen LogP contribution in [0.4, 0.5) is 21.4 Å². The highest BCUT2D eigenvalue weighted by molar-refractivity contribution is 7.20. The third-order valence-corrected chi connectivity index (χ3v) is 6.87. The lowest BCUT2D eigenvalue weighted by Crippen LogP contribution is -2.38. The molecular weight excluding hydrogens is 524 g/mol. The lowest BCUT2D eigenvalue weighted by molar-refractivity contribution is 0.0507. The summed E-state index contributed by atoms with van der Waals surface area (Å²) in [6.45, 7) is 20.1. The zero-order valence-electron chi connectivity index (χ0n) is 22.4. The van der Waals surface area contributed by atoms with Gasteiger partial charge in [-0.25, -0.2) is 14.5 Å². The summed E-state index contributed by atoms with van der Waals surface area (Å²) in [6.07, 6.45) is -0.879. The molecule has 0 bridgehead atoms. The van der Waals surface area contributed by atoms with Crippen LogP contribution in [0.3, 0.4) is 0 Å². The molecule has 0 aromatic carbocycles. The molecule has 2 amide bonds. The maximum absolute atomic E-state index is 13.4. The van der Waals surface area contributed by atoms with Crippen LogP contribution >= 0.6 is 22.7 Å². The van der Waals surface area contributed by atoms with E-state index in [0.29, 0.717) is 16.0 Å². The molecular formula is C26H30N6O4S2. The maximum atomic E-state index is 13.4. The molecule has 0 aliphatic rings. The van der Waals surface area contributed by atoms with E-state index in [1.807, 2.05) is 17.5 Å². The third-order valence-electron chi connectivity index (χ3n) is 4.81. The van der Waals surface area contributed by atoms with E-state index >= 15 is 0 Å². The number of nitrogens with zero attached hydrogens (tertiary/aromatic N) is 5. The van der Waals surface area contributed by atoms with Crippen molar-refractivity contribution in [3.8, 4) is 6.07 Å². The Morgan fingerprint density at radius 2 is 1.89 bits per heavy atom. The number of alkyl carbamates (subject to hydrolysis) is 1. The quantitative estimate of drug-likeness (QED) is 0.342. The van der Waals surface area contributed by atoms with Gasteiger partial charge in [-0.3, -0.25) is 0 Å². The molecule has 12 heteroatoms. The Bertz CT molecular complexity index is 1410. The average Bonchev–Trinajstić information content (AvgIpc) is 3.41. The predicted molar refractivity (Wildman–Crippen MR) is 148 cm³/mol. The summed E-state index contributed by atoms with van der Waals surface area (Å²) in [5.74, 6) is 0.0113. The summed E-state index contributed by atoms with van der Waals surface area (Å²) >= 11 is 2.72. The molecule has 0 aliphatic heterocycles. The third kappa shape index (κ3) is 7.40. The van der Waals surface area contributed by atoms with Crippen molar-refractivity contribution in [2.75, 3.05) is 4.90 Å². The van der Waals surface area contributed by atoms with E-state index in [1.165, 1.54) is 27.6 Å². The van der Waals surface area contributed by atoms with Crippen LogP contribution in [0, 0.1) is 17.9 Å². The van der Waals surface area contributed by atoms with Gasteiger partial charge < -0.3 is 19.6 Å². The number of fused-ring (bicyclic) bond motifs is 1. The topological polar surface area (TPSA) is 122 Å². The van der Waals surface area contributed by atoms with E-state index in [2.05, 4.69) is 26.2 Å². The Labute approximate surface area is 230 Å². The number of anilines is 1. The van der Waals surface area contributed by atoms with Gasteiger partial charge in [0.05, 0.1) is 6.54 Å². The lowest BCUT2D eigenvalue weighted by Gasteiger charge is -2.25. The second-order valence-electron chi connectivity index (χ2n) is 10.5. The summed E-state index contributed by atoms with van der Waals surface area (Å²) in [4.78, 5) is 40.6. The Balaban J connectivity index is 2.08. The van der Waals surface area contributed by atoms with Crippen LogP contribution in [0.15, 0.2) is 17.5 Å². The molecule has 0 radical (unpaired) electrons. The second kappa shape index (κ2) is 11.3. The molecule has 10 nitrogen and oxygen atoms in total. The Hall–Kier alpha value is -3.74. The second-order valence-corrected chi connectivity index (χ2v) is 12.7. The molecule has 0 spiro atoms. The average molecular weight is 555 g/mol. The number of nitriles is 1. The first-order valence-corrected chi connectivity index (χ1v) is 13.5. The normalized spacial score (nSPS) is 12.3. The Kier molecular flexibility index (Phi) is 8.60. The van der Waals surface area contributed by atoms with Crippen LogP contribution in [0.25, 0.3) is 15.1 Å². The summed E-state index contributed by atoms with van der Waals surface area (Å²) in [5, 5.41) is 14.7. The monoisotopic (exact) mass is 554 g/mol. The fraction of sp³-hybridized carbons (Fsp3) is 0.462. The number of carbonyl (C=O) groups is 2. The molecule has 3 rings (SSSR count). The van der Waals surface area contributed by atoms with Crippen LogP contribution in [0.1, 0.15) is 63.8 Å². The number of amides is 2. The number of carbonyl (C=O) groups excluding carboxylic acids is 2. The molecule has 1 atom stereocenters. The minimum atomic E-state index is -0.763. The van der Waals surface area contributed by atoms with Gasteiger partial charge in [0.15, 0.2) is 5.52 Å². The largest absolute Gasteiger partial charge is 0.444 e. The lowest BCUT2D eigenvalue weighted by atomic mass is 10.1. The van der Waals surface area contributed by atoms with Crippen molar-refractivity contribution in [3.05, 3.63) is 44.2 Å². The highest BCUT2D eigenvalue weighted by Crippen LogP contribution is 2.38. The van der Waals surface area contributed by atoms with Crippen molar-refractivity contribution in [1.82, 2.24) is 15.3 Å². The van der Waals surface area contributed by atoms with E-state index in [4.69, 9.17) is 16.0 Å². The summed E-state index contributed by atoms with van der Waals surface area (Å²) in [5.41, 5.74) is -0.849. The number of hydrogen-bond acceptors (Lipinski definition) is 9. The van der Waals surface area contributed by atoms with Gasteiger partial charge in [0, 0.05) is 22.2 Å². The zero-order chi connectivity index (χ0) is 28.3. The first kappa shape index (κ1) is 28.8. The fourth-order valence-corrected chi connectivity index (χ4v) is 5.44. The molecule has 1 N–H and O–H groups in total. The van der Waals surface area contributed by atoms with Gasteiger partial charge in [-0.1, -0.05) is 6.07 Å². The van der Waals surface area contributed by atoms with Crippen LogP contribution in [-0.2, 0) is 22.4 Å². The molecule has 38 heavy (non-hydrogen) atoms. The number of nitrogens with one attached hydrogen (secondary N) is 1. The summed E-state index contributed by atoms with van der Waals surface area (Å²) in [6, 6.07) is 5.59. The van der Waals surface area contributed by atoms with Crippen LogP contribution in [0.2, 0.25) is 0 Å². The van der Waals surface area contributed by atoms with Gasteiger partial charge in [0.2, 0.25) is 5.82 Å². The van der Waals surface area contributed by atoms with E-state index in [0.717, 1.165) is 4.88 Å². The maximum Gasteiger partial charge on any atom is 0.417 e. The summed E-state index contributed by atoms with van der Waals surface area (Å²) < 4.78 is 11.5.